The van der Waals surface area contributed by atoms with Gasteiger partial charge in [0.2, 0.25) is 11.8 Å². The number of hydrogen-bond acceptors (Lipinski definition) is 3. The van der Waals surface area contributed by atoms with Crippen molar-refractivity contribution in [2.24, 2.45) is 30.2 Å². The number of nitrogens with zero attached hydrogens (tertiary/aromatic N) is 2. The molecule has 3 aromatic rings. The van der Waals surface area contributed by atoms with Crippen LogP contribution in [0.3, 0.4) is 0 Å². The minimum Gasteiger partial charge on any atom is -0.347 e. The molecule has 4 aliphatic carbocycles. The topological polar surface area (TPSA) is 76.0 Å². The molecule has 2 N–H and O–H groups in total. The number of hydrogen-bond donors (Lipinski definition) is 2. The molecule has 1 aromatic heterocycles. The first-order chi connectivity index (χ1) is 16.0. The average molecular weight is 443 g/mol. The van der Waals surface area contributed by atoms with Gasteiger partial charge in [-0.25, -0.2) is 4.98 Å². The van der Waals surface area contributed by atoms with Crippen molar-refractivity contribution in [3.05, 3.63) is 48.5 Å². The Labute approximate surface area is 193 Å². The van der Waals surface area contributed by atoms with Crippen LogP contribution in [0.15, 0.2) is 48.5 Å². The summed E-state index contributed by atoms with van der Waals surface area (Å²) >= 11 is 0. The standard InChI is InChI=1S/C27H30N4O2/c1-31-23-5-3-2-4-22(23)30-25(31)20-6-8-21(9-7-20)29-24(32)16-28-26(33)27-13-17-10-18(14-27)12-19(11-17)15-27/h2-9,17-19H,10-16H2,1H3,(H,28,33)(H,29,32). The lowest BCUT2D eigenvalue weighted by molar-refractivity contribution is -0.146. The van der Waals surface area contributed by atoms with E-state index in [1.165, 1.54) is 19.3 Å². The van der Waals surface area contributed by atoms with Gasteiger partial charge >= 0.3 is 0 Å². The predicted octanol–water partition coefficient (Wildman–Crippen LogP) is 4.51. The number of carbonyl (C=O) groups excluding carboxylic acids is 2. The molecule has 4 saturated carbocycles. The second kappa shape index (κ2) is 7.72. The van der Waals surface area contributed by atoms with Crippen LogP contribution < -0.4 is 10.6 Å². The Morgan fingerprint density at radius 1 is 0.970 bits per heavy atom. The van der Waals surface area contributed by atoms with E-state index in [1.54, 1.807) is 0 Å². The molecule has 0 spiro atoms. The van der Waals surface area contributed by atoms with E-state index in [4.69, 9.17) is 4.98 Å². The number of imidazole rings is 1. The van der Waals surface area contributed by atoms with Gasteiger partial charge in [-0.2, -0.15) is 0 Å². The third-order valence-electron chi connectivity index (χ3n) is 8.14. The first kappa shape index (κ1) is 20.5. The highest BCUT2D eigenvalue weighted by Gasteiger charge is 2.54. The Balaban J connectivity index is 1.08. The number of benzene rings is 2. The van der Waals surface area contributed by atoms with Crippen molar-refractivity contribution in [2.75, 3.05) is 11.9 Å². The first-order valence-corrected chi connectivity index (χ1v) is 12.1. The van der Waals surface area contributed by atoms with Crippen molar-refractivity contribution in [1.29, 1.82) is 0 Å². The number of carbonyl (C=O) groups is 2. The first-order valence-electron chi connectivity index (χ1n) is 12.1. The van der Waals surface area contributed by atoms with E-state index in [9.17, 15) is 9.59 Å². The molecule has 0 radical (unpaired) electrons. The normalized spacial score (nSPS) is 27.6. The van der Waals surface area contributed by atoms with Gasteiger partial charge in [-0.15, -0.1) is 0 Å². The third-order valence-corrected chi connectivity index (χ3v) is 8.14. The predicted molar refractivity (Wildman–Crippen MR) is 128 cm³/mol. The second-order valence-electron chi connectivity index (χ2n) is 10.5. The summed E-state index contributed by atoms with van der Waals surface area (Å²) in [7, 11) is 2.01. The molecule has 6 nitrogen and oxygen atoms in total. The van der Waals surface area contributed by atoms with E-state index in [0.29, 0.717) is 23.4 Å². The largest absolute Gasteiger partial charge is 0.347 e. The van der Waals surface area contributed by atoms with Gasteiger partial charge in [-0.1, -0.05) is 12.1 Å². The molecular weight excluding hydrogens is 412 g/mol. The van der Waals surface area contributed by atoms with E-state index >= 15 is 0 Å². The summed E-state index contributed by atoms with van der Waals surface area (Å²) in [4.78, 5) is 30.3. The summed E-state index contributed by atoms with van der Waals surface area (Å²) in [5.74, 6) is 2.93. The van der Waals surface area contributed by atoms with E-state index in [1.807, 2.05) is 49.5 Å². The number of anilines is 1. The quantitative estimate of drug-likeness (QED) is 0.610. The van der Waals surface area contributed by atoms with Crippen LogP contribution in [0, 0.1) is 23.2 Å². The Kier molecular flexibility index (Phi) is 4.78. The molecule has 2 amide bonds. The molecule has 4 bridgehead atoms. The number of amides is 2. The minimum atomic E-state index is -0.220. The maximum atomic E-state index is 13.1. The summed E-state index contributed by atoms with van der Waals surface area (Å²) < 4.78 is 2.07. The molecule has 4 fully saturated rings. The highest BCUT2D eigenvalue weighted by atomic mass is 16.2. The molecule has 0 unspecified atom stereocenters. The monoisotopic (exact) mass is 442 g/mol. The molecule has 170 valence electrons. The van der Waals surface area contributed by atoms with Gasteiger partial charge in [0.1, 0.15) is 5.82 Å². The van der Waals surface area contributed by atoms with Gasteiger partial charge in [-0.3, -0.25) is 9.59 Å². The van der Waals surface area contributed by atoms with Crippen LogP contribution in [0.2, 0.25) is 0 Å². The van der Waals surface area contributed by atoms with Gasteiger partial charge in [0, 0.05) is 23.7 Å². The smallest absolute Gasteiger partial charge is 0.243 e. The molecule has 33 heavy (non-hydrogen) atoms. The summed E-state index contributed by atoms with van der Waals surface area (Å²) in [5.41, 5.74) is 3.53. The lowest BCUT2D eigenvalue weighted by atomic mass is 9.49. The van der Waals surface area contributed by atoms with Crippen LogP contribution >= 0.6 is 0 Å². The third kappa shape index (κ3) is 3.62. The number of rotatable bonds is 5. The van der Waals surface area contributed by atoms with Crippen molar-refractivity contribution in [2.45, 2.75) is 38.5 Å². The zero-order valence-electron chi connectivity index (χ0n) is 19.0. The summed E-state index contributed by atoms with van der Waals surface area (Å²) in [5, 5.41) is 5.87. The second-order valence-corrected chi connectivity index (χ2v) is 10.5. The summed E-state index contributed by atoms with van der Waals surface area (Å²) in [6.45, 7) is 0.0209. The molecular formula is C27H30N4O2. The van der Waals surface area contributed by atoms with E-state index in [-0.39, 0.29) is 23.8 Å². The maximum Gasteiger partial charge on any atom is 0.243 e. The van der Waals surface area contributed by atoms with Crippen molar-refractivity contribution < 1.29 is 9.59 Å². The number of nitrogens with one attached hydrogen (secondary N) is 2. The van der Waals surface area contributed by atoms with E-state index in [2.05, 4.69) is 21.3 Å². The van der Waals surface area contributed by atoms with Crippen LogP contribution in [-0.4, -0.2) is 27.9 Å². The van der Waals surface area contributed by atoms with Crippen LogP contribution in [0.5, 0.6) is 0 Å². The van der Waals surface area contributed by atoms with Crippen molar-refractivity contribution in [3.8, 4) is 11.4 Å². The fourth-order valence-electron chi connectivity index (χ4n) is 7.05. The fraction of sp³-hybridized carbons (Fsp3) is 0.444. The highest BCUT2D eigenvalue weighted by Crippen LogP contribution is 2.60. The van der Waals surface area contributed by atoms with Gasteiger partial charge in [0.15, 0.2) is 0 Å². The summed E-state index contributed by atoms with van der Waals surface area (Å²) in [6, 6.07) is 15.7. The van der Waals surface area contributed by atoms with Crippen molar-refractivity contribution in [1.82, 2.24) is 14.9 Å². The number of aryl methyl sites for hydroxylation is 1. The number of aromatic nitrogens is 2. The van der Waals surface area contributed by atoms with Crippen molar-refractivity contribution in [3.63, 3.8) is 0 Å². The maximum absolute atomic E-state index is 13.1. The minimum absolute atomic E-state index is 0.0209. The Hall–Kier alpha value is -3.15. The summed E-state index contributed by atoms with van der Waals surface area (Å²) in [6.07, 6.45) is 6.94. The zero-order chi connectivity index (χ0) is 22.6. The van der Waals surface area contributed by atoms with Crippen LogP contribution in [-0.2, 0) is 16.6 Å². The van der Waals surface area contributed by atoms with E-state index < -0.39 is 0 Å². The Morgan fingerprint density at radius 2 is 1.61 bits per heavy atom. The molecule has 1 heterocycles. The highest BCUT2D eigenvalue weighted by molar-refractivity contribution is 5.95. The van der Waals surface area contributed by atoms with Crippen LogP contribution in [0.1, 0.15) is 38.5 Å². The van der Waals surface area contributed by atoms with Crippen LogP contribution in [0.25, 0.3) is 22.4 Å². The molecule has 7 rings (SSSR count). The molecule has 4 aliphatic rings. The number of para-hydroxylation sites is 2. The Bertz CT molecular complexity index is 1190. The lowest BCUT2D eigenvalue weighted by Crippen LogP contribution is -2.54. The van der Waals surface area contributed by atoms with Crippen LogP contribution in [0.4, 0.5) is 5.69 Å². The van der Waals surface area contributed by atoms with Crippen molar-refractivity contribution >= 4 is 28.5 Å². The van der Waals surface area contributed by atoms with Gasteiger partial charge in [0.25, 0.3) is 0 Å². The van der Waals surface area contributed by atoms with Gasteiger partial charge in [0.05, 0.1) is 17.6 Å². The lowest BCUT2D eigenvalue weighted by Gasteiger charge is -2.55. The average Bonchev–Trinajstić information content (AvgIpc) is 3.14. The molecule has 2 aromatic carbocycles. The molecule has 0 saturated heterocycles. The fourth-order valence-corrected chi connectivity index (χ4v) is 7.05. The SMILES string of the molecule is Cn1c(-c2ccc(NC(=O)CNC(=O)C34CC5CC(CC(C5)C3)C4)cc2)nc2ccccc21. The molecule has 0 atom stereocenters. The Morgan fingerprint density at radius 3 is 2.24 bits per heavy atom. The zero-order valence-corrected chi connectivity index (χ0v) is 19.0. The number of fused-ring (bicyclic) bond motifs is 1. The van der Waals surface area contributed by atoms with E-state index in [0.717, 1.165) is 41.7 Å². The van der Waals surface area contributed by atoms with Gasteiger partial charge < -0.3 is 15.2 Å². The molecule has 6 heteroatoms. The molecule has 0 aliphatic heterocycles. The van der Waals surface area contributed by atoms with Gasteiger partial charge in [-0.05, 0) is 92.7 Å².